The molecule has 1 aliphatic heterocycles. The summed E-state index contributed by atoms with van der Waals surface area (Å²) in [7, 11) is 2.72. The molecule has 1 heterocycles. The fourth-order valence-corrected chi connectivity index (χ4v) is 4.54. The molecule has 0 aliphatic carbocycles. The average Bonchev–Trinajstić information content (AvgIpc) is 2.97. The van der Waals surface area contributed by atoms with Gasteiger partial charge in [0.2, 0.25) is 5.91 Å². The Bertz CT molecular complexity index is 1140. The molecule has 10 nitrogen and oxygen atoms in total. The Morgan fingerprint density at radius 3 is 2.21 bits per heavy atom. The first-order valence-electron chi connectivity index (χ1n) is 12.8. The summed E-state index contributed by atoms with van der Waals surface area (Å²) in [5, 5.41) is 5.68. The molecule has 2 aromatic carbocycles. The van der Waals surface area contributed by atoms with Gasteiger partial charge in [0.05, 0.1) is 26.7 Å². The van der Waals surface area contributed by atoms with Crippen molar-refractivity contribution in [3.8, 4) is 0 Å². The van der Waals surface area contributed by atoms with E-state index < -0.39 is 29.6 Å². The SMILES string of the molecule is COC(=O)C1(NC(=O)CC(NC(=O)OCc2ccccc2)c2ccccc2)CCN(CCC(=C=O)OC)CC1. The van der Waals surface area contributed by atoms with Crippen molar-refractivity contribution in [3.05, 3.63) is 77.5 Å². The predicted molar refractivity (Wildman–Crippen MR) is 143 cm³/mol. The third kappa shape index (κ3) is 8.70. The number of amides is 2. The number of esters is 1. The number of rotatable bonds is 12. The molecule has 1 unspecified atom stereocenters. The molecule has 10 heteroatoms. The van der Waals surface area contributed by atoms with Crippen molar-refractivity contribution in [3.63, 3.8) is 0 Å². The smallest absolute Gasteiger partial charge is 0.407 e. The summed E-state index contributed by atoms with van der Waals surface area (Å²) in [4.78, 5) is 51.6. The quantitative estimate of drug-likeness (QED) is 0.241. The number of nitrogens with one attached hydrogen (secondary N) is 2. The minimum Gasteiger partial charge on any atom is -0.490 e. The van der Waals surface area contributed by atoms with Crippen molar-refractivity contribution < 1.29 is 33.4 Å². The zero-order valence-electron chi connectivity index (χ0n) is 22.3. The molecule has 1 aliphatic rings. The van der Waals surface area contributed by atoms with Crippen molar-refractivity contribution in [2.24, 2.45) is 0 Å². The van der Waals surface area contributed by atoms with Gasteiger partial charge in [-0.1, -0.05) is 60.7 Å². The zero-order valence-corrected chi connectivity index (χ0v) is 22.3. The van der Waals surface area contributed by atoms with Crippen molar-refractivity contribution >= 4 is 23.9 Å². The molecule has 1 fully saturated rings. The van der Waals surface area contributed by atoms with Crippen LogP contribution in [0.1, 0.15) is 42.9 Å². The third-order valence-electron chi connectivity index (χ3n) is 6.78. The van der Waals surface area contributed by atoms with Gasteiger partial charge in [-0.15, -0.1) is 0 Å². The molecule has 208 valence electrons. The van der Waals surface area contributed by atoms with Crippen molar-refractivity contribution in [1.29, 1.82) is 0 Å². The third-order valence-corrected chi connectivity index (χ3v) is 6.78. The van der Waals surface area contributed by atoms with E-state index in [1.165, 1.54) is 14.2 Å². The van der Waals surface area contributed by atoms with Crippen LogP contribution in [0.25, 0.3) is 0 Å². The summed E-state index contributed by atoms with van der Waals surface area (Å²) in [5.41, 5.74) is 0.374. The van der Waals surface area contributed by atoms with Gasteiger partial charge in [0.25, 0.3) is 0 Å². The van der Waals surface area contributed by atoms with Gasteiger partial charge in [0.15, 0.2) is 11.7 Å². The lowest BCUT2D eigenvalue weighted by Crippen LogP contribution is -2.60. The molecule has 3 rings (SSSR count). The number of carbonyl (C=O) groups is 3. The Hall–Kier alpha value is -4.14. The molecule has 0 bridgehead atoms. The van der Waals surface area contributed by atoms with Crippen LogP contribution in [-0.4, -0.2) is 68.2 Å². The minimum absolute atomic E-state index is 0.0941. The summed E-state index contributed by atoms with van der Waals surface area (Å²) in [6.45, 7) is 1.68. The van der Waals surface area contributed by atoms with Gasteiger partial charge in [0, 0.05) is 26.1 Å². The van der Waals surface area contributed by atoms with Crippen molar-refractivity contribution in [1.82, 2.24) is 15.5 Å². The number of hydrogen-bond donors (Lipinski definition) is 2. The second kappa shape index (κ2) is 14.7. The monoisotopic (exact) mass is 537 g/mol. The Morgan fingerprint density at radius 1 is 0.974 bits per heavy atom. The fraction of sp³-hybridized carbons (Fsp3) is 0.414. The molecule has 2 aromatic rings. The van der Waals surface area contributed by atoms with Crippen molar-refractivity contribution in [2.75, 3.05) is 33.9 Å². The maximum absolute atomic E-state index is 13.3. The zero-order chi connectivity index (χ0) is 28.1. The predicted octanol–water partition coefficient (Wildman–Crippen LogP) is 2.92. The number of nitrogens with zero attached hydrogens (tertiary/aromatic N) is 1. The first-order chi connectivity index (χ1) is 18.9. The number of piperidine rings is 1. The maximum atomic E-state index is 13.3. The van der Waals surface area contributed by atoms with E-state index in [0.29, 0.717) is 38.9 Å². The number of hydrogen-bond acceptors (Lipinski definition) is 8. The first kappa shape index (κ1) is 29.4. The summed E-state index contributed by atoms with van der Waals surface area (Å²) in [6, 6.07) is 17.7. The summed E-state index contributed by atoms with van der Waals surface area (Å²) < 4.78 is 15.4. The van der Waals surface area contributed by atoms with Gasteiger partial charge in [0.1, 0.15) is 12.1 Å². The first-order valence-corrected chi connectivity index (χ1v) is 12.8. The van der Waals surface area contributed by atoms with E-state index in [-0.39, 0.29) is 18.8 Å². The number of methoxy groups -OCH3 is 2. The molecule has 39 heavy (non-hydrogen) atoms. The van der Waals surface area contributed by atoms with Crippen LogP contribution in [0.5, 0.6) is 0 Å². The van der Waals surface area contributed by atoms with Gasteiger partial charge < -0.3 is 29.7 Å². The van der Waals surface area contributed by atoms with Gasteiger partial charge in [-0.25, -0.2) is 14.4 Å². The Labute approximate surface area is 228 Å². The van der Waals surface area contributed by atoms with Crippen LogP contribution in [-0.2, 0) is 35.2 Å². The van der Waals surface area contributed by atoms with Crippen LogP contribution in [0.4, 0.5) is 4.79 Å². The van der Waals surface area contributed by atoms with Gasteiger partial charge in [-0.3, -0.25) is 4.79 Å². The largest absolute Gasteiger partial charge is 0.490 e. The number of likely N-dealkylation sites (tertiary alicyclic amines) is 1. The number of ether oxygens (including phenoxy) is 3. The second-order valence-electron chi connectivity index (χ2n) is 9.32. The standard InChI is InChI=1S/C29H35N3O7/c1-37-24(20-33)13-16-32-17-14-29(15-18-32,27(35)38-2)31-26(34)19-25(23-11-7-4-8-12-23)30-28(36)39-21-22-9-5-3-6-10-22/h3-12,25H,13-19,21H2,1-2H3,(H,30,36)(H,31,34). The highest BCUT2D eigenvalue weighted by atomic mass is 16.5. The molecule has 0 spiro atoms. The Balaban J connectivity index is 1.64. The van der Waals surface area contributed by atoms with Crippen LogP contribution < -0.4 is 10.6 Å². The molecule has 0 radical (unpaired) electrons. The fourth-order valence-electron chi connectivity index (χ4n) is 4.54. The maximum Gasteiger partial charge on any atom is 0.407 e. The van der Waals surface area contributed by atoms with Gasteiger partial charge in [-0.05, 0) is 24.0 Å². The van der Waals surface area contributed by atoms with E-state index in [0.717, 1.165) is 11.1 Å². The minimum atomic E-state index is -1.19. The van der Waals surface area contributed by atoms with Crippen LogP contribution in [0.2, 0.25) is 0 Å². The highest BCUT2D eigenvalue weighted by molar-refractivity contribution is 5.88. The topological polar surface area (TPSA) is 123 Å². The lowest BCUT2D eigenvalue weighted by Gasteiger charge is -2.40. The number of benzene rings is 2. The highest BCUT2D eigenvalue weighted by Crippen LogP contribution is 2.26. The van der Waals surface area contributed by atoms with Crippen LogP contribution in [0.3, 0.4) is 0 Å². The van der Waals surface area contributed by atoms with Crippen LogP contribution >= 0.6 is 0 Å². The Morgan fingerprint density at radius 2 is 1.62 bits per heavy atom. The van der Waals surface area contributed by atoms with Gasteiger partial charge >= 0.3 is 12.1 Å². The highest BCUT2D eigenvalue weighted by Gasteiger charge is 2.44. The molecule has 1 saturated heterocycles. The molecule has 1 atom stereocenters. The van der Waals surface area contributed by atoms with Crippen LogP contribution in [0.15, 0.2) is 66.4 Å². The normalized spacial score (nSPS) is 15.2. The van der Waals surface area contributed by atoms with Gasteiger partial charge in [-0.2, -0.15) is 0 Å². The summed E-state index contributed by atoms with van der Waals surface area (Å²) in [6.07, 6.45) is 0.315. The van der Waals surface area contributed by atoms with E-state index in [1.54, 1.807) is 5.94 Å². The molecular formula is C29H35N3O7. The number of carbonyl (C=O) groups excluding carboxylic acids is 4. The molecule has 0 aromatic heterocycles. The lowest BCUT2D eigenvalue weighted by atomic mass is 9.86. The number of alkyl carbamates (subject to hydrolysis) is 1. The molecule has 2 N–H and O–H groups in total. The van der Waals surface area contributed by atoms with Crippen molar-refractivity contribution in [2.45, 2.75) is 43.9 Å². The second-order valence-corrected chi connectivity index (χ2v) is 9.32. The molecule has 2 amide bonds. The average molecular weight is 538 g/mol. The van der Waals surface area contributed by atoms with E-state index in [2.05, 4.69) is 15.5 Å². The van der Waals surface area contributed by atoms with E-state index in [1.807, 2.05) is 60.7 Å². The summed E-state index contributed by atoms with van der Waals surface area (Å²) in [5.74, 6) is 1.07. The molecular weight excluding hydrogens is 502 g/mol. The molecule has 0 saturated carbocycles. The lowest BCUT2D eigenvalue weighted by molar-refractivity contribution is -0.153. The van der Waals surface area contributed by atoms with E-state index in [4.69, 9.17) is 14.2 Å². The Kier molecular flexibility index (Phi) is 11.1. The van der Waals surface area contributed by atoms with E-state index in [9.17, 15) is 19.2 Å². The summed E-state index contributed by atoms with van der Waals surface area (Å²) >= 11 is 0. The van der Waals surface area contributed by atoms with E-state index >= 15 is 0 Å². The van der Waals surface area contributed by atoms with Crippen LogP contribution in [0, 0.1) is 0 Å².